The first-order valence-corrected chi connectivity index (χ1v) is 11.2. The van der Waals surface area contributed by atoms with Gasteiger partial charge in [0.15, 0.2) is 0 Å². The number of carbonyl (C=O) groups excluding carboxylic acids is 1. The summed E-state index contributed by atoms with van der Waals surface area (Å²) in [4.78, 5) is 14.7. The van der Waals surface area contributed by atoms with Crippen LogP contribution >= 0.6 is 0 Å². The van der Waals surface area contributed by atoms with Gasteiger partial charge in [0.2, 0.25) is 5.91 Å². The Morgan fingerprint density at radius 2 is 1.79 bits per heavy atom. The maximum absolute atomic E-state index is 14.2. The van der Waals surface area contributed by atoms with Gasteiger partial charge in [0.05, 0.1) is 5.69 Å². The van der Waals surface area contributed by atoms with E-state index in [0.29, 0.717) is 6.54 Å². The standard InChI is InChI=1S/C19H31FN4O3S/c1-22(2)28(26,27)24(18-11-6-5-10-17(18)20)16-19(25)21-12-9-15-23-13-7-3-4-8-14-23/h5-6,10-11H,3-4,7-9,12-16H2,1-2H3,(H,21,25). The van der Waals surface area contributed by atoms with Crippen molar-refractivity contribution >= 4 is 21.8 Å². The topological polar surface area (TPSA) is 73.0 Å². The van der Waals surface area contributed by atoms with E-state index in [4.69, 9.17) is 0 Å². The number of carbonyl (C=O) groups is 1. The molecule has 28 heavy (non-hydrogen) atoms. The Morgan fingerprint density at radius 3 is 2.39 bits per heavy atom. The SMILES string of the molecule is CN(C)S(=O)(=O)N(CC(=O)NCCCN1CCCCCC1)c1ccccc1F. The molecule has 1 saturated heterocycles. The predicted molar refractivity (Wildman–Crippen MR) is 109 cm³/mol. The Balaban J connectivity index is 1.92. The number of likely N-dealkylation sites (tertiary alicyclic amines) is 1. The van der Waals surface area contributed by atoms with Gasteiger partial charge in [-0.1, -0.05) is 25.0 Å². The van der Waals surface area contributed by atoms with Gasteiger partial charge >= 0.3 is 10.2 Å². The largest absolute Gasteiger partial charge is 0.354 e. The molecule has 0 radical (unpaired) electrons. The first-order valence-electron chi connectivity index (χ1n) is 9.76. The van der Waals surface area contributed by atoms with Gasteiger partial charge in [0, 0.05) is 20.6 Å². The molecule has 7 nitrogen and oxygen atoms in total. The Hall–Kier alpha value is -1.71. The maximum Gasteiger partial charge on any atom is 0.304 e. The lowest BCUT2D eigenvalue weighted by Gasteiger charge is -2.27. The zero-order valence-corrected chi connectivity index (χ0v) is 17.5. The highest BCUT2D eigenvalue weighted by atomic mass is 32.2. The van der Waals surface area contributed by atoms with Crippen molar-refractivity contribution in [2.45, 2.75) is 32.1 Å². The van der Waals surface area contributed by atoms with Gasteiger partial charge in [0.1, 0.15) is 12.4 Å². The molecule has 1 fully saturated rings. The maximum atomic E-state index is 14.2. The summed E-state index contributed by atoms with van der Waals surface area (Å²) in [6, 6.07) is 5.54. The van der Waals surface area contributed by atoms with Crippen molar-refractivity contribution in [2.24, 2.45) is 0 Å². The third-order valence-electron chi connectivity index (χ3n) is 4.82. The molecule has 0 aromatic heterocycles. The molecule has 1 heterocycles. The normalized spacial score (nSPS) is 16.0. The van der Waals surface area contributed by atoms with Gasteiger partial charge in [-0.05, 0) is 51.0 Å². The Bertz CT molecular complexity index is 734. The Kier molecular flexibility index (Phi) is 8.65. The monoisotopic (exact) mass is 414 g/mol. The highest BCUT2D eigenvalue weighted by molar-refractivity contribution is 7.90. The van der Waals surface area contributed by atoms with Crippen molar-refractivity contribution in [1.29, 1.82) is 0 Å². The molecule has 9 heteroatoms. The molecule has 0 aliphatic carbocycles. The van der Waals surface area contributed by atoms with Crippen LogP contribution in [-0.4, -0.2) is 70.3 Å². The van der Waals surface area contributed by atoms with E-state index < -0.39 is 28.5 Å². The van der Waals surface area contributed by atoms with Crippen LogP contribution in [-0.2, 0) is 15.0 Å². The summed E-state index contributed by atoms with van der Waals surface area (Å²) in [5, 5.41) is 2.76. The number of amides is 1. The number of halogens is 1. The summed E-state index contributed by atoms with van der Waals surface area (Å²) in [6.07, 6.45) is 5.78. The summed E-state index contributed by atoms with van der Waals surface area (Å²) < 4.78 is 41.1. The Morgan fingerprint density at radius 1 is 1.14 bits per heavy atom. The molecule has 158 valence electrons. The third-order valence-corrected chi connectivity index (χ3v) is 6.63. The van der Waals surface area contributed by atoms with Crippen molar-refractivity contribution in [1.82, 2.24) is 14.5 Å². The quantitative estimate of drug-likeness (QED) is 0.626. The molecular formula is C19H31FN4O3S. The van der Waals surface area contributed by atoms with E-state index in [2.05, 4.69) is 10.2 Å². The second kappa shape index (κ2) is 10.7. The van der Waals surface area contributed by atoms with Gasteiger partial charge in [-0.3, -0.25) is 4.79 Å². The van der Waals surface area contributed by atoms with E-state index in [1.807, 2.05) is 0 Å². The van der Waals surface area contributed by atoms with Crippen LogP contribution in [0.25, 0.3) is 0 Å². The van der Waals surface area contributed by atoms with E-state index >= 15 is 0 Å². The fraction of sp³-hybridized carbons (Fsp3) is 0.632. The number of hydrogen-bond donors (Lipinski definition) is 1. The predicted octanol–water partition coefficient (Wildman–Crippen LogP) is 1.82. The number of rotatable bonds is 9. The zero-order valence-electron chi connectivity index (χ0n) is 16.7. The molecule has 0 bridgehead atoms. The Labute approximate surface area is 167 Å². The zero-order chi connectivity index (χ0) is 20.6. The molecule has 0 saturated carbocycles. The van der Waals surface area contributed by atoms with Gasteiger partial charge in [-0.15, -0.1) is 0 Å². The highest BCUT2D eigenvalue weighted by Crippen LogP contribution is 2.22. The molecule has 0 atom stereocenters. The molecule has 0 spiro atoms. The third kappa shape index (κ3) is 6.42. The van der Waals surface area contributed by atoms with Crippen LogP contribution in [0.15, 0.2) is 24.3 Å². The molecule has 2 rings (SSSR count). The molecule has 1 aliphatic heterocycles. The van der Waals surface area contributed by atoms with Gasteiger partial charge < -0.3 is 10.2 Å². The van der Waals surface area contributed by atoms with Gasteiger partial charge in [-0.2, -0.15) is 12.7 Å². The number of hydrogen-bond acceptors (Lipinski definition) is 4. The van der Waals surface area contributed by atoms with Crippen LogP contribution < -0.4 is 9.62 Å². The van der Waals surface area contributed by atoms with E-state index in [1.54, 1.807) is 0 Å². The van der Waals surface area contributed by atoms with Crippen molar-refractivity contribution < 1.29 is 17.6 Å². The average Bonchev–Trinajstić information content (AvgIpc) is 2.92. The van der Waals surface area contributed by atoms with Gasteiger partial charge in [-0.25, -0.2) is 8.70 Å². The second-order valence-electron chi connectivity index (χ2n) is 7.21. The number of nitrogens with zero attached hydrogens (tertiary/aromatic N) is 3. The minimum Gasteiger partial charge on any atom is -0.354 e. The van der Waals surface area contributed by atoms with Crippen molar-refractivity contribution in [3.8, 4) is 0 Å². The number of para-hydroxylation sites is 1. The van der Waals surface area contributed by atoms with Crippen LogP contribution in [0.5, 0.6) is 0 Å². The summed E-state index contributed by atoms with van der Waals surface area (Å²) in [5.74, 6) is -1.15. The number of benzene rings is 1. The van der Waals surface area contributed by atoms with Crippen LogP contribution in [0.3, 0.4) is 0 Å². The van der Waals surface area contributed by atoms with Crippen molar-refractivity contribution in [3.05, 3.63) is 30.1 Å². The summed E-state index contributed by atoms with van der Waals surface area (Å²) >= 11 is 0. The number of nitrogens with one attached hydrogen (secondary N) is 1. The summed E-state index contributed by atoms with van der Waals surface area (Å²) in [6.45, 7) is 3.09. The minimum absolute atomic E-state index is 0.143. The lowest BCUT2D eigenvalue weighted by Crippen LogP contribution is -2.46. The summed E-state index contributed by atoms with van der Waals surface area (Å²) in [7, 11) is -1.30. The smallest absolute Gasteiger partial charge is 0.304 e. The van der Waals surface area contributed by atoms with E-state index in [1.165, 1.54) is 64.0 Å². The van der Waals surface area contributed by atoms with E-state index in [-0.39, 0.29) is 5.69 Å². The fourth-order valence-electron chi connectivity index (χ4n) is 3.22. The fourth-order valence-corrected chi connectivity index (χ4v) is 4.29. The lowest BCUT2D eigenvalue weighted by molar-refractivity contribution is -0.119. The first-order chi connectivity index (χ1) is 13.3. The van der Waals surface area contributed by atoms with Crippen LogP contribution in [0.1, 0.15) is 32.1 Å². The summed E-state index contributed by atoms with van der Waals surface area (Å²) in [5.41, 5.74) is -0.143. The van der Waals surface area contributed by atoms with Crippen molar-refractivity contribution in [3.63, 3.8) is 0 Å². The van der Waals surface area contributed by atoms with Crippen LogP contribution in [0, 0.1) is 5.82 Å². The molecule has 1 N–H and O–H groups in total. The molecule has 1 aliphatic rings. The molecular weight excluding hydrogens is 383 g/mol. The van der Waals surface area contributed by atoms with Gasteiger partial charge in [0.25, 0.3) is 0 Å². The molecule has 1 amide bonds. The van der Waals surface area contributed by atoms with E-state index in [9.17, 15) is 17.6 Å². The molecule has 1 aromatic rings. The minimum atomic E-state index is -4.00. The van der Waals surface area contributed by atoms with E-state index in [0.717, 1.165) is 34.7 Å². The number of anilines is 1. The highest BCUT2D eigenvalue weighted by Gasteiger charge is 2.29. The second-order valence-corrected chi connectivity index (χ2v) is 9.27. The first kappa shape index (κ1) is 22.6. The average molecular weight is 415 g/mol. The molecule has 0 unspecified atom stereocenters. The van der Waals surface area contributed by atoms with Crippen LogP contribution in [0.2, 0.25) is 0 Å². The lowest BCUT2D eigenvalue weighted by atomic mass is 10.2. The van der Waals surface area contributed by atoms with Crippen LogP contribution in [0.4, 0.5) is 10.1 Å². The molecule has 1 aromatic carbocycles. The van der Waals surface area contributed by atoms with Crippen molar-refractivity contribution in [2.75, 3.05) is 51.1 Å².